The lowest BCUT2D eigenvalue weighted by Gasteiger charge is -2.08. The Kier molecular flexibility index (Phi) is 4.85. The highest BCUT2D eigenvalue weighted by molar-refractivity contribution is 7.85. The van der Waals surface area contributed by atoms with E-state index in [1.165, 1.54) is 26.1 Å². The molecule has 1 N–H and O–H groups in total. The van der Waals surface area contributed by atoms with Gasteiger partial charge in [-0.3, -0.25) is 9.36 Å². The van der Waals surface area contributed by atoms with Crippen molar-refractivity contribution < 1.29 is 17.9 Å². The maximum absolute atomic E-state index is 12.1. The summed E-state index contributed by atoms with van der Waals surface area (Å²) in [5.74, 6) is -0.497. The van der Waals surface area contributed by atoms with Crippen molar-refractivity contribution in [1.29, 1.82) is 5.26 Å². The minimum atomic E-state index is -4.66. The normalized spacial score (nSPS) is 11.4. The van der Waals surface area contributed by atoms with Gasteiger partial charge in [-0.15, -0.1) is 5.11 Å². The van der Waals surface area contributed by atoms with Gasteiger partial charge in [0, 0.05) is 12.6 Å². The zero-order valence-corrected chi connectivity index (χ0v) is 14.3. The monoisotopic (exact) mass is 377 g/mol. The Hall–Kier alpha value is -3.59. The Morgan fingerprint density at radius 3 is 2.35 bits per heavy atom. The first-order chi connectivity index (χ1) is 12.1. The molecule has 11 nitrogen and oxygen atoms in total. The molecule has 0 aliphatic carbocycles. The Bertz CT molecular complexity index is 1130. The van der Waals surface area contributed by atoms with E-state index in [9.17, 15) is 28.4 Å². The van der Waals surface area contributed by atoms with Crippen molar-refractivity contribution >= 4 is 21.4 Å². The zero-order valence-electron chi connectivity index (χ0n) is 13.4. The zero-order chi connectivity index (χ0) is 19.6. The SMILES string of the molecule is Cc1c(C#N)c(O)n(C)c(=O)c1N=Nc1ccc(S(=O)(=O)[N+](=O)[O-])cc1. The Morgan fingerprint density at radius 2 is 1.85 bits per heavy atom. The number of benzene rings is 1. The van der Waals surface area contributed by atoms with Crippen LogP contribution in [0, 0.1) is 28.4 Å². The molecule has 1 heterocycles. The van der Waals surface area contributed by atoms with Gasteiger partial charge in [0.2, 0.25) is 5.88 Å². The second-order valence-corrected chi connectivity index (χ2v) is 6.76. The number of sulfonamides is 1. The summed E-state index contributed by atoms with van der Waals surface area (Å²) in [5.41, 5.74) is -0.739. The number of nitriles is 1. The third kappa shape index (κ3) is 3.15. The van der Waals surface area contributed by atoms with Crippen molar-refractivity contribution in [3.8, 4) is 11.9 Å². The molecule has 0 spiro atoms. The maximum atomic E-state index is 12.1. The molecule has 0 bridgehead atoms. The number of rotatable bonds is 4. The lowest BCUT2D eigenvalue weighted by atomic mass is 10.1. The number of azo groups is 1. The largest absolute Gasteiger partial charge is 0.493 e. The summed E-state index contributed by atoms with van der Waals surface area (Å²) in [7, 11) is -3.40. The van der Waals surface area contributed by atoms with Crippen LogP contribution in [0.4, 0.5) is 11.4 Å². The van der Waals surface area contributed by atoms with E-state index < -0.39 is 30.7 Å². The van der Waals surface area contributed by atoms with Crippen molar-refractivity contribution in [3.05, 3.63) is 55.9 Å². The number of hydrogen-bond acceptors (Lipinski definition) is 9. The topological polar surface area (TPSA) is 168 Å². The Balaban J connectivity index is 2.47. The third-order valence-corrected chi connectivity index (χ3v) is 4.75. The van der Waals surface area contributed by atoms with Crippen LogP contribution in [-0.2, 0) is 17.1 Å². The highest BCUT2D eigenvalue weighted by Crippen LogP contribution is 2.26. The summed E-state index contributed by atoms with van der Waals surface area (Å²) in [6.45, 7) is 1.42. The van der Waals surface area contributed by atoms with Crippen LogP contribution in [0.2, 0.25) is 0 Å². The van der Waals surface area contributed by atoms with Gasteiger partial charge in [0.15, 0.2) is 10.0 Å². The molecule has 26 heavy (non-hydrogen) atoms. The Labute approximate surface area is 146 Å². The van der Waals surface area contributed by atoms with Crippen LogP contribution in [0.3, 0.4) is 0 Å². The van der Waals surface area contributed by atoms with Crippen LogP contribution >= 0.6 is 0 Å². The average molecular weight is 377 g/mol. The fraction of sp³-hybridized carbons (Fsp3) is 0.143. The fourth-order valence-corrected chi connectivity index (χ4v) is 2.65. The second kappa shape index (κ2) is 6.73. The van der Waals surface area contributed by atoms with Crippen molar-refractivity contribution in [1.82, 2.24) is 4.57 Å². The van der Waals surface area contributed by atoms with Crippen LogP contribution in [0.5, 0.6) is 5.88 Å². The van der Waals surface area contributed by atoms with Crippen molar-refractivity contribution in [2.45, 2.75) is 11.8 Å². The molecule has 0 fully saturated rings. The highest BCUT2D eigenvalue weighted by Gasteiger charge is 2.26. The molecule has 12 heteroatoms. The van der Waals surface area contributed by atoms with Crippen molar-refractivity contribution in [2.24, 2.45) is 17.3 Å². The predicted molar refractivity (Wildman–Crippen MR) is 87.6 cm³/mol. The molecule has 1 aromatic heterocycles. The van der Waals surface area contributed by atoms with Gasteiger partial charge in [-0.25, -0.2) is 10.1 Å². The Morgan fingerprint density at radius 1 is 1.27 bits per heavy atom. The van der Waals surface area contributed by atoms with E-state index in [4.69, 9.17) is 5.26 Å². The lowest BCUT2D eigenvalue weighted by molar-refractivity contribution is -0.305. The van der Waals surface area contributed by atoms with Gasteiger partial charge in [0.1, 0.15) is 16.5 Å². The highest BCUT2D eigenvalue weighted by atomic mass is 32.2. The van der Waals surface area contributed by atoms with Gasteiger partial charge in [-0.05, 0) is 31.2 Å². The van der Waals surface area contributed by atoms with Crippen LogP contribution in [0.15, 0.2) is 44.2 Å². The van der Waals surface area contributed by atoms with Gasteiger partial charge in [0.25, 0.3) is 5.56 Å². The molecule has 0 aliphatic heterocycles. The lowest BCUT2D eigenvalue weighted by Crippen LogP contribution is -2.18. The summed E-state index contributed by atoms with van der Waals surface area (Å²) in [5, 5.41) is 36.9. The molecule has 2 aromatic rings. The van der Waals surface area contributed by atoms with E-state index in [1.807, 2.05) is 0 Å². The van der Waals surface area contributed by atoms with Crippen LogP contribution in [-0.4, -0.2) is 22.4 Å². The molecule has 1 aromatic carbocycles. The minimum Gasteiger partial charge on any atom is -0.493 e. The second-order valence-electron chi connectivity index (χ2n) is 5.04. The molecule has 2 rings (SSSR count). The van der Waals surface area contributed by atoms with Crippen molar-refractivity contribution in [3.63, 3.8) is 0 Å². The predicted octanol–water partition coefficient (Wildman–Crippen LogP) is 1.65. The molecular weight excluding hydrogens is 366 g/mol. The molecule has 0 atom stereocenters. The van der Waals surface area contributed by atoms with Gasteiger partial charge in [-0.2, -0.15) is 18.8 Å². The standard InChI is InChI=1S/C14H11N5O6S/c1-8-11(7-15)13(20)18(2)14(21)12(8)17-16-9-3-5-10(6-4-9)26(24,25)19(22)23/h3-6,20H,1-2H3. The number of pyridine rings is 1. The summed E-state index contributed by atoms with van der Waals surface area (Å²) >= 11 is 0. The van der Waals surface area contributed by atoms with Crippen LogP contribution in [0.25, 0.3) is 0 Å². The van der Waals surface area contributed by atoms with E-state index in [1.54, 1.807) is 6.07 Å². The van der Waals surface area contributed by atoms with E-state index in [2.05, 4.69) is 10.2 Å². The molecule has 0 aliphatic rings. The molecule has 0 radical (unpaired) electrons. The van der Waals surface area contributed by atoms with E-state index >= 15 is 0 Å². The van der Waals surface area contributed by atoms with Crippen LogP contribution in [0.1, 0.15) is 11.1 Å². The average Bonchev–Trinajstić information content (AvgIpc) is 2.60. The third-order valence-electron chi connectivity index (χ3n) is 3.49. The fourth-order valence-electron chi connectivity index (χ4n) is 2.00. The first-order valence-corrected chi connectivity index (χ1v) is 8.29. The van der Waals surface area contributed by atoms with E-state index in [0.717, 1.165) is 16.7 Å². The van der Waals surface area contributed by atoms with Gasteiger partial charge < -0.3 is 5.11 Å². The smallest absolute Gasteiger partial charge is 0.448 e. The van der Waals surface area contributed by atoms with E-state index in [-0.39, 0.29) is 22.5 Å². The maximum Gasteiger partial charge on any atom is 0.448 e. The van der Waals surface area contributed by atoms with Gasteiger partial charge >= 0.3 is 10.0 Å². The minimum absolute atomic E-state index is 0.125. The number of nitro groups is 1. The number of nitrogens with zero attached hydrogens (tertiary/aromatic N) is 5. The summed E-state index contributed by atoms with van der Waals surface area (Å²) in [4.78, 5) is 22.1. The summed E-state index contributed by atoms with van der Waals surface area (Å²) in [6, 6.07) is 6.07. The first-order valence-electron chi connectivity index (χ1n) is 6.85. The van der Waals surface area contributed by atoms with Crippen molar-refractivity contribution in [2.75, 3.05) is 0 Å². The number of aromatic hydroxyl groups is 1. The molecule has 134 valence electrons. The quantitative estimate of drug-likeness (QED) is 0.480. The van der Waals surface area contributed by atoms with Gasteiger partial charge in [-0.1, -0.05) is 0 Å². The van der Waals surface area contributed by atoms with Gasteiger partial charge in [0.05, 0.1) is 5.69 Å². The van der Waals surface area contributed by atoms with E-state index in [0.29, 0.717) is 0 Å². The number of aromatic nitrogens is 1. The summed E-state index contributed by atoms with van der Waals surface area (Å²) in [6.07, 6.45) is 0. The first kappa shape index (κ1) is 18.7. The molecule has 0 unspecified atom stereocenters. The van der Waals surface area contributed by atoms with Crippen LogP contribution < -0.4 is 5.56 Å². The molecule has 0 amide bonds. The molecule has 0 saturated heterocycles. The number of hydrogen-bond donors (Lipinski definition) is 1. The molecular formula is C14H11N5O6S. The molecule has 0 saturated carbocycles. The summed E-state index contributed by atoms with van der Waals surface area (Å²) < 4.78 is 22.2.